The Balaban J connectivity index is 1.59. The minimum atomic E-state index is -1.03. The summed E-state index contributed by atoms with van der Waals surface area (Å²) in [5.41, 5.74) is 8.23. The number of primary amides is 1. The minimum Gasteiger partial charge on any atom is -0.494 e. The van der Waals surface area contributed by atoms with Gasteiger partial charge in [0.15, 0.2) is 0 Å². The van der Waals surface area contributed by atoms with E-state index < -0.39 is 11.4 Å². The molecule has 0 bridgehead atoms. The van der Waals surface area contributed by atoms with Gasteiger partial charge in [-0.1, -0.05) is 54.6 Å². The summed E-state index contributed by atoms with van der Waals surface area (Å²) in [6.45, 7) is 5.29. The number of carbonyl (C=O) groups excluding carboxylic acids is 2. The van der Waals surface area contributed by atoms with Gasteiger partial charge in [0.2, 0.25) is 5.91 Å². The standard InChI is InChI=1S/C34H38ClFN4O4/c1-3-28(29-10-4-5-11-30(29)35)31(25-12-14-27(15-13-25)44-21-7-20-41)39(2)33(43)40-18-16-34(17-19-40,32(37)42)38-23-24-8-6-9-26(36)22-24/h3-6,8-15,22,38,41H,1,7,16-21,23H2,2H3,(H2,37,42)/b31-28+. The SMILES string of the molecule is C=C/C(=C(/c1ccc(OCCCO)cc1)N(C)C(=O)N1CCC(NCc2cccc(F)c2)(C(N)=O)CC1)c1ccccc1Cl. The Morgan fingerprint density at radius 3 is 2.45 bits per heavy atom. The summed E-state index contributed by atoms with van der Waals surface area (Å²) in [5.74, 6) is -0.230. The van der Waals surface area contributed by atoms with Crippen molar-refractivity contribution in [3.8, 4) is 5.75 Å². The average Bonchev–Trinajstić information content (AvgIpc) is 3.03. The van der Waals surface area contributed by atoms with Crippen LogP contribution in [0.4, 0.5) is 9.18 Å². The molecule has 4 N–H and O–H groups in total. The number of hydrogen-bond donors (Lipinski definition) is 3. The number of aliphatic hydroxyl groups excluding tert-OH is 1. The number of halogens is 2. The molecule has 1 aliphatic rings. The largest absolute Gasteiger partial charge is 0.494 e. The van der Waals surface area contributed by atoms with Crippen LogP contribution >= 0.6 is 11.6 Å². The van der Waals surface area contributed by atoms with Crippen LogP contribution in [0.15, 0.2) is 85.5 Å². The van der Waals surface area contributed by atoms with Gasteiger partial charge in [-0.15, -0.1) is 0 Å². The Hall–Kier alpha value is -4.18. The van der Waals surface area contributed by atoms with Gasteiger partial charge in [0.25, 0.3) is 0 Å². The topological polar surface area (TPSA) is 108 Å². The number of hydrogen-bond acceptors (Lipinski definition) is 5. The van der Waals surface area contributed by atoms with Gasteiger partial charge in [-0.3, -0.25) is 15.0 Å². The van der Waals surface area contributed by atoms with Crippen molar-refractivity contribution >= 4 is 34.8 Å². The second-order valence-electron chi connectivity index (χ2n) is 10.7. The second kappa shape index (κ2) is 15.0. The molecule has 232 valence electrons. The zero-order chi connectivity index (χ0) is 31.7. The summed E-state index contributed by atoms with van der Waals surface area (Å²) >= 11 is 6.59. The average molecular weight is 621 g/mol. The van der Waals surface area contributed by atoms with Crippen molar-refractivity contribution in [1.82, 2.24) is 15.1 Å². The molecular formula is C34H38ClFN4O4. The number of urea groups is 1. The molecule has 44 heavy (non-hydrogen) atoms. The van der Waals surface area contributed by atoms with Crippen LogP contribution in [-0.4, -0.2) is 65.7 Å². The number of nitrogens with one attached hydrogen (secondary N) is 1. The van der Waals surface area contributed by atoms with Gasteiger partial charge in [0.1, 0.15) is 17.1 Å². The maximum atomic E-state index is 14.0. The zero-order valence-electron chi connectivity index (χ0n) is 24.8. The van der Waals surface area contributed by atoms with Crippen LogP contribution in [0.1, 0.15) is 36.0 Å². The highest BCUT2D eigenvalue weighted by molar-refractivity contribution is 6.33. The number of likely N-dealkylation sites (tertiary alicyclic amines) is 1. The van der Waals surface area contributed by atoms with Crippen molar-refractivity contribution in [2.45, 2.75) is 31.3 Å². The first-order valence-electron chi connectivity index (χ1n) is 14.5. The van der Waals surface area contributed by atoms with Crippen molar-refractivity contribution < 1.29 is 23.8 Å². The van der Waals surface area contributed by atoms with E-state index in [0.717, 1.165) is 11.1 Å². The molecule has 3 aromatic rings. The van der Waals surface area contributed by atoms with Crippen LogP contribution < -0.4 is 15.8 Å². The van der Waals surface area contributed by atoms with E-state index in [1.165, 1.54) is 12.1 Å². The first-order chi connectivity index (χ1) is 21.2. The summed E-state index contributed by atoms with van der Waals surface area (Å²) in [5, 5.41) is 12.8. The molecule has 10 heteroatoms. The lowest BCUT2D eigenvalue weighted by Crippen LogP contribution is -2.61. The maximum Gasteiger partial charge on any atom is 0.324 e. The predicted molar refractivity (Wildman–Crippen MR) is 171 cm³/mol. The second-order valence-corrected chi connectivity index (χ2v) is 11.1. The van der Waals surface area contributed by atoms with Gasteiger partial charge >= 0.3 is 6.03 Å². The van der Waals surface area contributed by atoms with Gasteiger partial charge in [-0.05, 0) is 66.4 Å². The molecule has 0 aliphatic carbocycles. The number of ether oxygens (including phenoxy) is 1. The Kier molecular flexibility index (Phi) is 11.2. The van der Waals surface area contributed by atoms with Crippen molar-refractivity contribution in [2.24, 2.45) is 5.73 Å². The van der Waals surface area contributed by atoms with E-state index in [1.54, 1.807) is 41.1 Å². The van der Waals surface area contributed by atoms with Crippen LogP contribution in [0.5, 0.6) is 5.75 Å². The molecule has 1 fully saturated rings. The summed E-state index contributed by atoms with van der Waals surface area (Å²) in [6, 6.07) is 20.6. The van der Waals surface area contributed by atoms with Crippen molar-refractivity contribution in [2.75, 3.05) is 33.4 Å². The third kappa shape index (κ3) is 7.66. The third-order valence-corrected chi connectivity index (χ3v) is 8.15. The summed E-state index contributed by atoms with van der Waals surface area (Å²) in [6.07, 6.45) is 2.80. The number of piperidine rings is 1. The lowest BCUT2D eigenvalue weighted by Gasteiger charge is -2.41. The Morgan fingerprint density at radius 1 is 1.14 bits per heavy atom. The van der Waals surface area contributed by atoms with Crippen molar-refractivity contribution in [3.63, 3.8) is 0 Å². The first kappa shape index (κ1) is 32.7. The third-order valence-electron chi connectivity index (χ3n) is 7.82. The number of amides is 3. The quantitative estimate of drug-likeness (QED) is 0.142. The first-order valence-corrected chi connectivity index (χ1v) is 14.8. The molecule has 1 heterocycles. The van der Waals surface area contributed by atoms with Crippen LogP contribution in [-0.2, 0) is 11.3 Å². The zero-order valence-corrected chi connectivity index (χ0v) is 25.5. The number of nitrogens with two attached hydrogens (primary N) is 1. The number of aliphatic hydroxyl groups is 1. The Morgan fingerprint density at radius 2 is 1.84 bits per heavy atom. The van der Waals surface area contributed by atoms with Crippen LogP contribution in [0.3, 0.4) is 0 Å². The molecule has 4 rings (SSSR count). The molecule has 3 amide bonds. The van der Waals surface area contributed by atoms with Gasteiger partial charge in [0, 0.05) is 55.9 Å². The fourth-order valence-corrected chi connectivity index (χ4v) is 5.56. The Labute approximate surface area is 262 Å². The molecule has 3 aromatic carbocycles. The molecule has 0 atom stereocenters. The smallest absolute Gasteiger partial charge is 0.324 e. The van der Waals surface area contributed by atoms with E-state index in [2.05, 4.69) is 11.9 Å². The molecule has 8 nitrogen and oxygen atoms in total. The molecule has 0 spiro atoms. The number of rotatable bonds is 12. The summed E-state index contributed by atoms with van der Waals surface area (Å²) in [7, 11) is 1.70. The molecule has 0 radical (unpaired) electrons. The van der Waals surface area contributed by atoms with E-state index in [9.17, 15) is 14.0 Å². The lowest BCUT2D eigenvalue weighted by atomic mass is 9.86. The normalized spacial score (nSPS) is 14.9. The number of benzene rings is 3. The van der Waals surface area contributed by atoms with Crippen molar-refractivity contribution in [3.05, 3.63) is 113 Å². The fourth-order valence-electron chi connectivity index (χ4n) is 5.32. The van der Waals surface area contributed by atoms with Gasteiger partial charge in [0.05, 0.1) is 12.3 Å². The van der Waals surface area contributed by atoms with Gasteiger partial charge in [-0.2, -0.15) is 0 Å². The lowest BCUT2D eigenvalue weighted by molar-refractivity contribution is -0.126. The molecule has 0 unspecified atom stereocenters. The van der Waals surface area contributed by atoms with E-state index in [1.807, 2.05) is 42.5 Å². The molecule has 0 saturated carbocycles. The number of carbonyl (C=O) groups is 2. The highest BCUT2D eigenvalue weighted by Crippen LogP contribution is 2.35. The summed E-state index contributed by atoms with van der Waals surface area (Å²) < 4.78 is 19.4. The summed E-state index contributed by atoms with van der Waals surface area (Å²) in [4.78, 5) is 29.9. The van der Waals surface area contributed by atoms with Crippen LogP contribution in [0.25, 0.3) is 11.3 Å². The Bertz CT molecular complexity index is 1500. The molecular weight excluding hydrogens is 583 g/mol. The van der Waals surface area contributed by atoms with E-state index >= 15 is 0 Å². The molecule has 0 aromatic heterocycles. The highest BCUT2D eigenvalue weighted by atomic mass is 35.5. The number of nitrogens with zero attached hydrogens (tertiary/aromatic N) is 2. The van der Waals surface area contributed by atoms with Gasteiger partial charge in [-0.25, -0.2) is 9.18 Å². The van der Waals surface area contributed by atoms with E-state index in [-0.39, 0.29) is 38.1 Å². The van der Waals surface area contributed by atoms with E-state index in [4.69, 9.17) is 27.2 Å². The fraction of sp³-hybridized carbons (Fsp3) is 0.294. The monoisotopic (exact) mass is 620 g/mol. The highest BCUT2D eigenvalue weighted by Gasteiger charge is 2.41. The number of allylic oxidation sites excluding steroid dienone is 2. The predicted octanol–water partition coefficient (Wildman–Crippen LogP) is 5.46. The van der Waals surface area contributed by atoms with Gasteiger partial charge < -0.3 is 20.5 Å². The van der Waals surface area contributed by atoms with E-state index in [0.29, 0.717) is 53.5 Å². The van der Waals surface area contributed by atoms with Crippen LogP contribution in [0, 0.1) is 5.82 Å². The maximum absolute atomic E-state index is 14.0. The minimum absolute atomic E-state index is 0.0402. The van der Waals surface area contributed by atoms with Crippen molar-refractivity contribution in [1.29, 1.82) is 0 Å². The molecule has 1 saturated heterocycles. The molecule has 1 aliphatic heterocycles. The van der Waals surface area contributed by atoms with Crippen LogP contribution in [0.2, 0.25) is 5.02 Å².